The number of ether oxygens (including phenoxy) is 2. The number of benzene rings is 4. The second-order valence-electron chi connectivity index (χ2n) is 13.2. The molecule has 0 radical (unpaired) electrons. The Morgan fingerprint density at radius 2 is 1.61 bits per heavy atom. The lowest BCUT2D eigenvalue weighted by atomic mass is 9.69. The van der Waals surface area contributed by atoms with Gasteiger partial charge in [0.15, 0.2) is 0 Å². The molecule has 7 heteroatoms. The van der Waals surface area contributed by atoms with Gasteiger partial charge in [0.2, 0.25) is 11.8 Å². The first-order valence-electron chi connectivity index (χ1n) is 17.3. The zero-order valence-electron chi connectivity index (χ0n) is 27.8. The Bertz CT molecular complexity index is 1850. The smallest absolute Gasteiger partial charge is 0.238 e. The van der Waals surface area contributed by atoms with Gasteiger partial charge in [-0.15, -0.1) is 0 Å². The molecule has 2 amide bonds. The van der Waals surface area contributed by atoms with Gasteiger partial charge >= 0.3 is 0 Å². The highest BCUT2D eigenvalue weighted by Crippen LogP contribution is 2.50. The first-order chi connectivity index (χ1) is 24.0. The number of para-hydroxylation sites is 2. The lowest BCUT2D eigenvalue weighted by Gasteiger charge is -2.31. The van der Waals surface area contributed by atoms with Crippen LogP contribution in [0.5, 0.6) is 11.5 Å². The Balaban J connectivity index is 1.13. The number of carbonyl (C=O) groups is 2. The van der Waals surface area contributed by atoms with Gasteiger partial charge in [-0.2, -0.15) is 0 Å². The third-order valence-electron chi connectivity index (χ3n) is 9.89. The van der Waals surface area contributed by atoms with Gasteiger partial charge in [-0.1, -0.05) is 73.5 Å². The molecular formula is C42H42N2O5. The lowest BCUT2D eigenvalue weighted by Crippen LogP contribution is -2.35. The van der Waals surface area contributed by atoms with E-state index in [-0.39, 0.29) is 29.6 Å². The molecule has 0 unspecified atom stereocenters. The number of aromatic hydroxyl groups is 1. The van der Waals surface area contributed by atoms with E-state index in [9.17, 15) is 14.7 Å². The topological polar surface area (TPSA) is 88.1 Å². The normalized spacial score (nSPS) is 21.9. The predicted molar refractivity (Wildman–Crippen MR) is 193 cm³/mol. The molecule has 49 heavy (non-hydrogen) atoms. The van der Waals surface area contributed by atoms with Crippen LogP contribution in [0.15, 0.2) is 126 Å². The van der Waals surface area contributed by atoms with E-state index in [1.54, 1.807) is 12.1 Å². The van der Waals surface area contributed by atoms with Crippen molar-refractivity contribution in [3.05, 3.63) is 131 Å². The van der Waals surface area contributed by atoms with Crippen LogP contribution in [0, 0.1) is 17.8 Å². The van der Waals surface area contributed by atoms with Crippen LogP contribution in [-0.4, -0.2) is 36.2 Å². The van der Waals surface area contributed by atoms with Crippen molar-refractivity contribution in [1.29, 1.82) is 0 Å². The molecule has 2 saturated heterocycles. The van der Waals surface area contributed by atoms with E-state index in [0.717, 1.165) is 59.5 Å². The van der Waals surface area contributed by atoms with E-state index in [4.69, 9.17) is 9.47 Å². The van der Waals surface area contributed by atoms with Crippen molar-refractivity contribution in [2.24, 2.45) is 17.8 Å². The number of carbonyl (C=O) groups excluding carboxylic acids is 2. The summed E-state index contributed by atoms with van der Waals surface area (Å²) in [7, 11) is 0. The Hall–Kier alpha value is -5.14. The molecule has 3 aliphatic rings. The van der Waals surface area contributed by atoms with Crippen LogP contribution < -0.4 is 15.0 Å². The highest BCUT2D eigenvalue weighted by Gasteiger charge is 2.57. The Morgan fingerprint density at radius 1 is 0.878 bits per heavy atom. The largest absolute Gasteiger partial charge is 0.508 e. The molecule has 4 aromatic carbocycles. The fraction of sp³-hybridized carbons (Fsp3) is 0.286. The van der Waals surface area contributed by atoms with Gasteiger partial charge in [0.25, 0.3) is 0 Å². The molecule has 0 aromatic heterocycles. The Labute approximate surface area is 287 Å². The summed E-state index contributed by atoms with van der Waals surface area (Å²) in [5.41, 5.74) is 6.90. The second-order valence-corrected chi connectivity index (χ2v) is 13.2. The number of fused-ring (bicyclic) bond motifs is 3. The summed E-state index contributed by atoms with van der Waals surface area (Å²) in [6.45, 7) is 2.92. The zero-order valence-corrected chi connectivity index (χ0v) is 27.8. The minimum atomic E-state index is -0.465. The molecular weight excluding hydrogens is 612 g/mol. The molecule has 0 spiro atoms. The van der Waals surface area contributed by atoms with Gasteiger partial charge in [0.05, 0.1) is 30.2 Å². The van der Waals surface area contributed by atoms with Crippen LogP contribution in [0.25, 0.3) is 6.08 Å². The molecule has 4 aromatic rings. The maximum atomic E-state index is 14.2. The predicted octanol–water partition coefficient (Wildman–Crippen LogP) is 8.70. The number of rotatable bonds is 12. The van der Waals surface area contributed by atoms with Crippen LogP contribution in [0.1, 0.15) is 44.6 Å². The average Bonchev–Trinajstić information content (AvgIpc) is 3.65. The summed E-state index contributed by atoms with van der Waals surface area (Å²) >= 11 is 0. The van der Waals surface area contributed by atoms with Gasteiger partial charge < -0.3 is 19.9 Å². The van der Waals surface area contributed by atoms with E-state index >= 15 is 0 Å². The molecule has 2 N–H and O–H groups in total. The van der Waals surface area contributed by atoms with Gasteiger partial charge in [-0.3, -0.25) is 14.5 Å². The Kier molecular flexibility index (Phi) is 9.62. The quantitative estimate of drug-likeness (QED) is 0.117. The molecule has 1 aliphatic carbocycles. The second kappa shape index (κ2) is 14.5. The number of nitrogens with zero attached hydrogens (tertiary/aromatic N) is 1. The van der Waals surface area contributed by atoms with Crippen LogP contribution >= 0.6 is 0 Å². The molecule has 0 bridgehead atoms. The summed E-state index contributed by atoms with van der Waals surface area (Å²) in [5.74, 6) is -0.385. The Morgan fingerprint density at radius 3 is 2.35 bits per heavy atom. The summed E-state index contributed by atoms with van der Waals surface area (Å²) < 4.78 is 12.8. The first kappa shape index (κ1) is 32.4. The number of allylic oxidation sites excluding steroid dienone is 1. The summed E-state index contributed by atoms with van der Waals surface area (Å²) in [6.07, 6.45) is 6.03. The van der Waals surface area contributed by atoms with Crippen LogP contribution in [0.2, 0.25) is 0 Å². The summed E-state index contributed by atoms with van der Waals surface area (Å²) in [5, 5.41) is 13.4. The highest BCUT2D eigenvalue weighted by atomic mass is 16.5. The van der Waals surface area contributed by atoms with Crippen LogP contribution in [-0.2, 0) is 14.3 Å². The van der Waals surface area contributed by atoms with Crippen molar-refractivity contribution < 1.29 is 24.2 Å². The van der Waals surface area contributed by atoms with Crippen molar-refractivity contribution in [2.45, 2.75) is 45.1 Å². The monoisotopic (exact) mass is 654 g/mol. The number of amides is 2. The van der Waals surface area contributed by atoms with Gasteiger partial charge in [0.1, 0.15) is 18.1 Å². The lowest BCUT2D eigenvalue weighted by molar-refractivity contribution is -0.122. The van der Waals surface area contributed by atoms with E-state index in [2.05, 4.69) is 18.3 Å². The van der Waals surface area contributed by atoms with Crippen molar-refractivity contribution in [3.63, 3.8) is 0 Å². The number of phenolic OH excluding ortho intramolecular Hbond substituents is 1. The van der Waals surface area contributed by atoms with Gasteiger partial charge in [-0.25, -0.2) is 0 Å². The molecule has 2 heterocycles. The van der Waals surface area contributed by atoms with E-state index < -0.39 is 11.8 Å². The van der Waals surface area contributed by atoms with E-state index in [1.165, 1.54) is 10.5 Å². The van der Waals surface area contributed by atoms with Crippen LogP contribution in [0.3, 0.4) is 0 Å². The van der Waals surface area contributed by atoms with Crippen molar-refractivity contribution in [2.75, 3.05) is 23.4 Å². The maximum absolute atomic E-state index is 14.2. The molecule has 2 fully saturated rings. The number of hydrogen-bond donors (Lipinski definition) is 2. The van der Waals surface area contributed by atoms with Gasteiger partial charge in [0, 0.05) is 17.3 Å². The van der Waals surface area contributed by atoms with Gasteiger partial charge in [-0.05, 0) is 103 Å². The van der Waals surface area contributed by atoms with Crippen LogP contribution in [0.4, 0.5) is 17.1 Å². The van der Waals surface area contributed by atoms with E-state index in [0.29, 0.717) is 25.3 Å². The van der Waals surface area contributed by atoms with Crippen molar-refractivity contribution in [1.82, 2.24) is 0 Å². The summed E-state index contributed by atoms with van der Waals surface area (Å²) in [4.78, 5) is 29.6. The minimum Gasteiger partial charge on any atom is -0.508 e. The standard InChI is InChI=1S/C42H42N2O5/c1-2-10-28(23-29-11-9-14-34(45)24-29)17-22-38-39-30(26-48-35-15-7-4-8-16-35)25-36-40(37(39)27-49-38)42(47)44(41(36)46)33-20-18-32(19-21-33)43-31-12-5-3-6-13-31/h3-9,11-16,18-21,23-24,36-38,40,43,45H,2,10,17,22,25-27H2,1H3/b28-23+/t36-,37+,38-,40-/m1/s1. The summed E-state index contributed by atoms with van der Waals surface area (Å²) in [6, 6.07) is 34.4. The number of hydrogen-bond acceptors (Lipinski definition) is 6. The average molecular weight is 655 g/mol. The van der Waals surface area contributed by atoms with Crippen molar-refractivity contribution in [3.8, 4) is 11.5 Å². The first-order valence-corrected chi connectivity index (χ1v) is 17.3. The van der Waals surface area contributed by atoms with E-state index in [1.807, 2.05) is 97.1 Å². The minimum absolute atomic E-state index is 0.149. The molecule has 0 saturated carbocycles. The fourth-order valence-electron chi connectivity index (χ4n) is 7.69. The fourth-order valence-corrected chi connectivity index (χ4v) is 7.69. The molecule has 250 valence electrons. The highest BCUT2D eigenvalue weighted by molar-refractivity contribution is 6.22. The zero-order chi connectivity index (χ0) is 33.7. The molecule has 7 rings (SSSR count). The molecule has 2 aliphatic heterocycles. The third-order valence-corrected chi connectivity index (χ3v) is 9.89. The number of phenols is 1. The molecule has 7 nitrogen and oxygen atoms in total. The van der Waals surface area contributed by atoms with Crippen molar-refractivity contribution >= 4 is 35.0 Å². The number of anilines is 3. The number of nitrogens with one attached hydrogen (secondary N) is 1. The SMILES string of the molecule is CCC/C(=C\c1cccc(O)c1)CC[C@H]1OC[C@H]2C1=C(COc1ccccc1)C[C@H]1C(=O)N(c3ccc(Nc4ccccc4)cc3)C(=O)[C@H]12. The number of imide groups is 1. The third kappa shape index (κ3) is 7.03. The molecule has 4 atom stereocenters. The maximum Gasteiger partial charge on any atom is 0.238 e.